The lowest BCUT2D eigenvalue weighted by atomic mass is 9.46. The van der Waals surface area contributed by atoms with Crippen LogP contribution in [0.3, 0.4) is 0 Å². The molecule has 5 rings (SSSR count). The highest BCUT2D eigenvalue weighted by Crippen LogP contribution is 2.69. The third-order valence-corrected chi connectivity index (χ3v) is 9.54. The molecule has 140 valence electrons. The molecule has 0 amide bonds. The third-order valence-electron chi connectivity index (χ3n) is 9.54. The lowest BCUT2D eigenvalue weighted by molar-refractivity contribution is -0.195. The lowest BCUT2D eigenvalue weighted by Gasteiger charge is -2.59. The molecular weight excluding hydrogens is 312 g/mol. The van der Waals surface area contributed by atoms with E-state index in [1.165, 1.54) is 32.1 Å². The van der Waals surface area contributed by atoms with Gasteiger partial charge < -0.3 is 14.9 Å². The van der Waals surface area contributed by atoms with Crippen molar-refractivity contribution in [3.8, 4) is 0 Å². The molecule has 1 spiro atoms. The Morgan fingerprint density at radius 1 is 0.920 bits per heavy atom. The molecule has 1 heterocycles. The quantitative estimate of drug-likeness (QED) is 0.647. The van der Waals surface area contributed by atoms with Crippen molar-refractivity contribution in [2.24, 2.45) is 28.6 Å². The first-order chi connectivity index (χ1) is 11.9. The number of hydrogen-bond acceptors (Lipinski definition) is 3. The zero-order chi connectivity index (χ0) is 17.4. The SMILES string of the molecule is C[C@]12CCC(O)C=C1CC[C@@H]1[C@@H]2CC[C@@]2(C)[C@H]1CC[C@@]21CCC(O)O1. The summed E-state index contributed by atoms with van der Waals surface area (Å²) in [4.78, 5) is 0. The second-order valence-electron chi connectivity index (χ2n) is 10.2. The number of ether oxygens (including phenoxy) is 1. The molecule has 2 unspecified atom stereocenters. The van der Waals surface area contributed by atoms with Crippen LogP contribution >= 0.6 is 0 Å². The minimum atomic E-state index is -0.536. The van der Waals surface area contributed by atoms with Gasteiger partial charge in [-0.3, -0.25) is 0 Å². The first kappa shape index (κ1) is 16.8. The number of fused-ring (bicyclic) bond motifs is 6. The molecule has 3 saturated carbocycles. The number of hydrogen-bond donors (Lipinski definition) is 2. The van der Waals surface area contributed by atoms with Gasteiger partial charge in [-0.2, -0.15) is 0 Å². The average Bonchev–Trinajstić information content (AvgIpc) is 3.10. The summed E-state index contributed by atoms with van der Waals surface area (Å²) in [5.41, 5.74) is 2.06. The van der Waals surface area contributed by atoms with E-state index in [1.807, 2.05) is 0 Å². The number of allylic oxidation sites excluding steroid dienone is 1. The fourth-order valence-electron chi connectivity index (χ4n) is 8.14. The Bertz CT molecular complexity index is 600. The first-order valence-corrected chi connectivity index (χ1v) is 10.6. The van der Waals surface area contributed by atoms with E-state index in [2.05, 4.69) is 19.9 Å². The number of aliphatic hydroxyl groups excluding tert-OH is 2. The molecule has 0 radical (unpaired) electrons. The van der Waals surface area contributed by atoms with Crippen molar-refractivity contribution in [2.75, 3.05) is 0 Å². The summed E-state index contributed by atoms with van der Waals surface area (Å²) in [6.45, 7) is 4.97. The predicted molar refractivity (Wildman–Crippen MR) is 96.8 cm³/mol. The lowest BCUT2D eigenvalue weighted by Crippen LogP contribution is -2.54. The monoisotopic (exact) mass is 346 g/mol. The maximum Gasteiger partial charge on any atom is 0.155 e. The summed E-state index contributed by atoms with van der Waals surface area (Å²) in [5, 5.41) is 20.2. The Balaban J connectivity index is 1.47. The first-order valence-electron chi connectivity index (χ1n) is 10.6. The van der Waals surface area contributed by atoms with Crippen LogP contribution in [0, 0.1) is 28.6 Å². The van der Waals surface area contributed by atoms with E-state index in [4.69, 9.17) is 4.74 Å². The van der Waals surface area contributed by atoms with Crippen molar-refractivity contribution in [3.05, 3.63) is 11.6 Å². The second kappa shape index (κ2) is 5.33. The number of aliphatic hydroxyl groups is 2. The smallest absolute Gasteiger partial charge is 0.155 e. The molecule has 8 atom stereocenters. The second-order valence-corrected chi connectivity index (χ2v) is 10.2. The van der Waals surface area contributed by atoms with E-state index in [0.717, 1.165) is 49.9 Å². The standard InChI is InChI=1S/C22H34O3/c1-20-9-5-15(23)13-14(20)3-4-16-17(20)6-10-21(2)18(16)7-11-22(21)12-8-19(24)25-22/h13,15-19,23-24H,3-12H2,1-2H3/t15?,16-,17+,18+,19?,20+,21+,22-/m1/s1. The molecule has 3 heteroatoms. The van der Waals surface area contributed by atoms with Crippen LogP contribution in [-0.4, -0.2) is 28.2 Å². The van der Waals surface area contributed by atoms with Gasteiger partial charge >= 0.3 is 0 Å². The molecule has 3 nitrogen and oxygen atoms in total. The fourth-order valence-corrected chi connectivity index (χ4v) is 8.14. The van der Waals surface area contributed by atoms with Crippen molar-refractivity contribution >= 4 is 0 Å². The molecule has 1 aliphatic heterocycles. The van der Waals surface area contributed by atoms with Gasteiger partial charge in [0.1, 0.15) is 0 Å². The minimum absolute atomic E-state index is 0.0537. The molecule has 4 aliphatic carbocycles. The summed E-state index contributed by atoms with van der Waals surface area (Å²) in [5.74, 6) is 2.33. The minimum Gasteiger partial charge on any atom is -0.389 e. The largest absolute Gasteiger partial charge is 0.389 e. The third kappa shape index (κ3) is 2.09. The van der Waals surface area contributed by atoms with Crippen LogP contribution < -0.4 is 0 Å². The van der Waals surface area contributed by atoms with Crippen molar-refractivity contribution < 1.29 is 14.9 Å². The van der Waals surface area contributed by atoms with E-state index in [1.54, 1.807) is 5.57 Å². The molecule has 5 aliphatic rings. The summed E-state index contributed by atoms with van der Waals surface area (Å²) in [7, 11) is 0. The van der Waals surface area contributed by atoms with Gasteiger partial charge in [0.25, 0.3) is 0 Å². The van der Waals surface area contributed by atoms with Crippen LogP contribution in [0.1, 0.15) is 78.1 Å². The van der Waals surface area contributed by atoms with Gasteiger partial charge in [0.05, 0.1) is 11.7 Å². The van der Waals surface area contributed by atoms with Crippen LogP contribution in [0.5, 0.6) is 0 Å². The summed E-state index contributed by atoms with van der Waals surface area (Å²) < 4.78 is 6.22. The van der Waals surface area contributed by atoms with Gasteiger partial charge in [-0.05, 0) is 86.4 Å². The maximum atomic E-state index is 10.1. The Kier molecular flexibility index (Phi) is 3.57. The number of rotatable bonds is 0. The molecule has 4 fully saturated rings. The topological polar surface area (TPSA) is 49.7 Å². The summed E-state index contributed by atoms with van der Waals surface area (Å²) >= 11 is 0. The van der Waals surface area contributed by atoms with Crippen molar-refractivity contribution in [2.45, 2.75) is 96.1 Å². The van der Waals surface area contributed by atoms with Gasteiger partial charge in [-0.25, -0.2) is 0 Å². The van der Waals surface area contributed by atoms with E-state index < -0.39 is 6.29 Å². The average molecular weight is 347 g/mol. The highest BCUT2D eigenvalue weighted by molar-refractivity contribution is 5.26. The van der Waals surface area contributed by atoms with Crippen LogP contribution in [-0.2, 0) is 4.74 Å². The normalized spacial score (nSPS) is 57.8. The van der Waals surface area contributed by atoms with Gasteiger partial charge in [0, 0.05) is 6.42 Å². The highest BCUT2D eigenvalue weighted by atomic mass is 16.6. The Labute approximate surface area is 151 Å². The van der Waals surface area contributed by atoms with E-state index in [9.17, 15) is 10.2 Å². The predicted octanol–water partition coefficient (Wildman–Crippen LogP) is 4.18. The summed E-state index contributed by atoms with van der Waals surface area (Å²) in [6, 6.07) is 0. The van der Waals surface area contributed by atoms with Gasteiger partial charge in [0.2, 0.25) is 0 Å². The van der Waals surface area contributed by atoms with Crippen LogP contribution in [0.4, 0.5) is 0 Å². The molecule has 0 aromatic heterocycles. The van der Waals surface area contributed by atoms with E-state index in [0.29, 0.717) is 5.41 Å². The summed E-state index contributed by atoms with van der Waals surface area (Å²) in [6.07, 6.45) is 12.8. The molecule has 25 heavy (non-hydrogen) atoms. The molecule has 0 bridgehead atoms. The fraction of sp³-hybridized carbons (Fsp3) is 0.909. The zero-order valence-corrected chi connectivity index (χ0v) is 15.8. The van der Waals surface area contributed by atoms with Crippen molar-refractivity contribution in [3.63, 3.8) is 0 Å². The Morgan fingerprint density at radius 2 is 1.68 bits per heavy atom. The van der Waals surface area contributed by atoms with Crippen LogP contribution in [0.15, 0.2) is 11.6 Å². The molecule has 0 aromatic rings. The molecule has 0 aromatic carbocycles. The molecular formula is C22H34O3. The maximum absolute atomic E-state index is 10.1. The molecule has 1 saturated heterocycles. The Hall–Kier alpha value is -0.380. The zero-order valence-electron chi connectivity index (χ0n) is 15.8. The van der Waals surface area contributed by atoms with Crippen molar-refractivity contribution in [1.82, 2.24) is 0 Å². The highest BCUT2D eigenvalue weighted by Gasteiger charge is 2.66. The van der Waals surface area contributed by atoms with Crippen molar-refractivity contribution in [1.29, 1.82) is 0 Å². The van der Waals surface area contributed by atoms with E-state index in [-0.39, 0.29) is 17.1 Å². The molecule has 2 N–H and O–H groups in total. The Morgan fingerprint density at radius 3 is 2.44 bits per heavy atom. The van der Waals surface area contributed by atoms with Crippen LogP contribution in [0.2, 0.25) is 0 Å². The van der Waals surface area contributed by atoms with Gasteiger partial charge in [0.15, 0.2) is 6.29 Å². The van der Waals surface area contributed by atoms with Gasteiger partial charge in [-0.1, -0.05) is 25.5 Å². The van der Waals surface area contributed by atoms with Gasteiger partial charge in [-0.15, -0.1) is 0 Å². The van der Waals surface area contributed by atoms with Crippen LogP contribution in [0.25, 0.3) is 0 Å². The van der Waals surface area contributed by atoms with E-state index >= 15 is 0 Å².